The molecule has 5 nitrogen and oxygen atoms in total. The molecular weight excluding hydrogens is 369 g/mol. The fraction of sp³-hybridized carbons (Fsp3) is 0.478. The van der Waals surface area contributed by atoms with Crippen LogP contribution in [0.3, 0.4) is 0 Å². The summed E-state index contributed by atoms with van der Waals surface area (Å²) in [5.74, 6) is -0.488. The molecule has 0 bridgehead atoms. The molecule has 0 spiro atoms. The number of carbonyl (C=O) groups excluding carboxylic acids is 1. The lowest BCUT2D eigenvalue weighted by Gasteiger charge is -2.32. The minimum absolute atomic E-state index is 0.0597. The Morgan fingerprint density at radius 3 is 2.72 bits per heavy atom. The van der Waals surface area contributed by atoms with Gasteiger partial charge < -0.3 is 10.3 Å². The first-order valence-electron chi connectivity index (χ1n) is 10.6. The number of rotatable bonds is 4. The van der Waals surface area contributed by atoms with Crippen molar-refractivity contribution in [2.45, 2.75) is 57.5 Å². The number of piperidine rings is 1. The quantitative estimate of drug-likeness (QED) is 0.779. The number of nitrogens with zero attached hydrogens (tertiary/aromatic N) is 1. The summed E-state index contributed by atoms with van der Waals surface area (Å²) in [5.41, 5.74) is 3.01. The van der Waals surface area contributed by atoms with E-state index in [9.17, 15) is 14.0 Å². The van der Waals surface area contributed by atoms with Gasteiger partial charge in [0.05, 0.1) is 0 Å². The first-order chi connectivity index (χ1) is 14.1. The van der Waals surface area contributed by atoms with Gasteiger partial charge in [-0.05, 0) is 67.9 Å². The Kier molecular flexibility index (Phi) is 6.09. The second kappa shape index (κ2) is 8.91. The van der Waals surface area contributed by atoms with Crippen LogP contribution in [0.15, 0.2) is 35.1 Å². The predicted octanol–water partition coefficient (Wildman–Crippen LogP) is 3.18. The van der Waals surface area contributed by atoms with Crippen molar-refractivity contribution >= 4 is 5.91 Å². The lowest BCUT2D eigenvalue weighted by Crippen LogP contribution is -2.45. The molecule has 1 saturated heterocycles. The number of likely N-dealkylation sites (tertiary alicyclic amines) is 1. The van der Waals surface area contributed by atoms with Gasteiger partial charge in [-0.15, -0.1) is 0 Å². The Labute approximate surface area is 170 Å². The first-order valence-corrected chi connectivity index (χ1v) is 10.6. The number of pyridine rings is 1. The second-order valence-electron chi connectivity index (χ2n) is 8.23. The highest BCUT2D eigenvalue weighted by atomic mass is 19.1. The molecule has 2 aliphatic rings. The largest absolute Gasteiger partial charge is 0.349 e. The second-order valence-corrected chi connectivity index (χ2v) is 8.23. The number of amides is 1. The number of aromatic amines is 1. The number of fused-ring (bicyclic) bond motifs is 1. The standard InChI is InChI=1S/C23H28FN3O2/c24-18-7-4-5-16(13-18)15-27-11-9-19(10-12-27)25-22(28)20-14-17-6-2-1-3-8-21(17)26-23(20)29/h4-5,7,13-14,19H,1-3,6,8-12,15H2,(H,25,28)(H,26,29). The van der Waals surface area contributed by atoms with Crippen LogP contribution in [0, 0.1) is 5.82 Å². The minimum atomic E-state index is -0.285. The molecular formula is C23H28FN3O2. The van der Waals surface area contributed by atoms with Crippen LogP contribution < -0.4 is 10.9 Å². The summed E-state index contributed by atoms with van der Waals surface area (Å²) in [6, 6.07) is 8.54. The molecule has 0 unspecified atom stereocenters. The van der Waals surface area contributed by atoms with Crippen molar-refractivity contribution in [2.24, 2.45) is 0 Å². The number of nitrogens with one attached hydrogen (secondary N) is 2. The summed E-state index contributed by atoms with van der Waals surface area (Å²) in [5, 5.41) is 3.05. The van der Waals surface area contributed by atoms with Crippen LogP contribution in [-0.4, -0.2) is 34.9 Å². The Bertz CT molecular complexity index is 932. The summed E-state index contributed by atoms with van der Waals surface area (Å²) in [6.07, 6.45) is 6.80. The highest BCUT2D eigenvalue weighted by Gasteiger charge is 2.23. The third-order valence-electron chi connectivity index (χ3n) is 6.05. The van der Waals surface area contributed by atoms with Gasteiger partial charge in [0.1, 0.15) is 11.4 Å². The number of aromatic nitrogens is 1. The van der Waals surface area contributed by atoms with Gasteiger partial charge in [0.2, 0.25) is 0 Å². The van der Waals surface area contributed by atoms with E-state index < -0.39 is 0 Å². The summed E-state index contributed by atoms with van der Waals surface area (Å²) >= 11 is 0. The lowest BCUT2D eigenvalue weighted by atomic mass is 10.0. The highest BCUT2D eigenvalue weighted by molar-refractivity contribution is 5.94. The van der Waals surface area contributed by atoms with E-state index in [0.717, 1.165) is 74.9 Å². The molecule has 1 aromatic heterocycles. The summed E-state index contributed by atoms with van der Waals surface area (Å²) in [6.45, 7) is 2.38. The maximum absolute atomic E-state index is 13.4. The van der Waals surface area contributed by atoms with Crippen molar-refractivity contribution in [3.63, 3.8) is 0 Å². The molecule has 1 amide bonds. The Morgan fingerprint density at radius 2 is 1.93 bits per heavy atom. The van der Waals surface area contributed by atoms with E-state index in [1.54, 1.807) is 18.2 Å². The average Bonchev–Trinajstić information content (AvgIpc) is 2.93. The molecule has 154 valence electrons. The minimum Gasteiger partial charge on any atom is -0.349 e. The maximum atomic E-state index is 13.4. The van der Waals surface area contributed by atoms with Crippen LogP contribution in [0.1, 0.15) is 59.3 Å². The van der Waals surface area contributed by atoms with Crippen LogP contribution in [0.25, 0.3) is 0 Å². The number of hydrogen-bond donors (Lipinski definition) is 2. The van der Waals surface area contributed by atoms with Gasteiger partial charge in [0.25, 0.3) is 11.5 Å². The van der Waals surface area contributed by atoms with Gasteiger partial charge in [-0.2, -0.15) is 0 Å². The maximum Gasteiger partial charge on any atom is 0.261 e. The molecule has 0 radical (unpaired) electrons. The van der Waals surface area contributed by atoms with E-state index >= 15 is 0 Å². The molecule has 1 aliphatic heterocycles. The van der Waals surface area contributed by atoms with E-state index in [1.165, 1.54) is 6.07 Å². The highest BCUT2D eigenvalue weighted by Crippen LogP contribution is 2.19. The fourth-order valence-electron chi connectivity index (χ4n) is 4.41. The Balaban J connectivity index is 1.34. The predicted molar refractivity (Wildman–Crippen MR) is 110 cm³/mol. The molecule has 2 aromatic rings. The van der Waals surface area contributed by atoms with Crippen LogP contribution in [0.2, 0.25) is 0 Å². The molecule has 1 fully saturated rings. The molecule has 1 aromatic carbocycles. The van der Waals surface area contributed by atoms with Crippen LogP contribution >= 0.6 is 0 Å². The van der Waals surface area contributed by atoms with Gasteiger partial charge in [0.15, 0.2) is 0 Å². The third kappa shape index (κ3) is 4.93. The van der Waals surface area contributed by atoms with E-state index in [-0.39, 0.29) is 28.9 Å². The average molecular weight is 397 g/mol. The zero-order valence-electron chi connectivity index (χ0n) is 16.7. The summed E-state index contributed by atoms with van der Waals surface area (Å²) in [7, 11) is 0. The molecule has 4 rings (SSSR count). The number of hydrogen-bond acceptors (Lipinski definition) is 3. The van der Waals surface area contributed by atoms with Crippen molar-refractivity contribution in [2.75, 3.05) is 13.1 Å². The lowest BCUT2D eigenvalue weighted by molar-refractivity contribution is 0.0907. The third-order valence-corrected chi connectivity index (χ3v) is 6.05. The van der Waals surface area contributed by atoms with Crippen LogP contribution in [-0.2, 0) is 19.4 Å². The van der Waals surface area contributed by atoms with Gasteiger partial charge in [0, 0.05) is 31.4 Å². The molecule has 2 heterocycles. The number of H-pyrrole nitrogens is 1. The molecule has 6 heteroatoms. The smallest absolute Gasteiger partial charge is 0.261 e. The monoisotopic (exact) mass is 397 g/mol. The van der Waals surface area contributed by atoms with E-state index in [2.05, 4.69) is 15.2 Å². The SMILES string of the molecule is O=C(NC1CCN(Cc2cccc(F)c2)CC1)c1cc2c([nH]c1=O)CCCCC2. The number of aryl methyl sites for hydroxylation is 2. The summed E-state index contributed by atoms with van der Waals surface area (Å²) < 4.78 is 13.4. The van der Waals surface area contributed by atoms with Gasteiger partial charge >= 0.3 is 0 Å². The number of benzene rings is 1. The first kappa shape index (κ1) is 19.8. The van der Waals surface area contributed by atoms with E-state index in [4.69, 9.17) is 0 Å². The zero-order valence-corrected chi connectivity index (χ0v) is 16.7. The van der Waals surface area contributed by atoms with Crippen molar-refractivity contribution in [3.8, 4) is 0 Å². The topological polar surface area (TPSA) is 65.2 Å². The van der Waals surface area contributed by atoms with Crippen molar-refractivity contribution < 1.29 is 9.18 Å². The molecule has 29 heavy (non-hydrogen) atoms. The normalized spacial score (nSPS) is 18.1. The summed E-state index contributed by atoms with van der Waals surface area (Å²) in [4.78, 5) is 30.4. The van der Waals surface area contributed by atoms with Crippen molar-refractivity contribution in [1.29, 1.82) is 0 Å². The number of halogens is 1. The van der Waals surface area contributed by atoms with E-state index in [0.29, 0.717) is 6.54 Å². The van der Waals surface area contributed by atoms with Gasteiger partial charge in [-0.1, -0.05) is 18.6 Å². The van der Waals surface area contributed by atoms with Crippen molar-refractivity contribution in [3.05, 3.63) is 68.9 Å². The van der Waals surface area contributed by atoms with Crippen LogP contribution in [0.4, 0.5) is 4.39 Å². The molecule has 2 N–H and O–H groups in total. The Morgan fingerprint density at radius 1 is 1.14 bits per heavy atom. The zero-order chi connectivity index (χ0) is 20.2. The van der Waals surface area contributed by atoms with Gasteiger partial charge in [-0.3, -0.25) is 14.5 Å². The van der Waals surface area contributed by atoms with Crippen molar-refractivity contribution in [1.82, 2.24) is 15.2 Å². The van der Waals surface area contributed by atoms with E-state index in [1.807, 2.05) is 6.07 Å². The molecule has 0 saturated carbocycles. The Hall–Kier alpha value is -2.47. The van der Waals surface area contributed by atoms with Gasteiger partial charge in [-0.25, -0.2) is 4.39 Å². The number of carbonyl (C=O) groups is 1. The molecule has 0 atom stereocenters. The van der Waals surface area contributed by atoms with Crippen LogP contribution in [0.5, 0.6) is 0 Å². The fourth-order valence-corrected chi connectivity index (χ4v) is 4.41. The molecule has 1 aliphatic carbocycles.